The van der Waals surface area contributed by atoms with Gasteiger partial charge in [0.25, 0.3) is 0 Å². The van der Waals surface area contributed by atoms with Crippen molar-refractivity contribution in [3.05, 3.63) is 0 Å². The summed E-state index contributed by atoms with van der Waals surface area (Å²) in [6, 6.07) is 0. The number of hydrogen-bond acceptors (Lipinski definition) is 0. The normalized spacial score (nSPS) is 41.0. The predicted octanol–water partition coefficient (Wildman–Crippen LogP) is 6.40. The molecule has 4 atom stereocenters. The molecule has 1 nitrogen and oxygen atoms in total. The zero-order chi connectivity index (χ0) is 15.4. The summed E-state index contributed by atoms with van der Waals surface area (Å²) in [5.74, 6) is 6.65. The summed E-state index contributed by atoms with van der Waals surface area (Å²) >= 11 is 0. The van der Waals surface area contributed by atoms with E-state index < -0.39 is 0 Å². The van der Waals surface area contributed by atoms with Gasteiger partial charge in [0.1, 0.15) is 0 Å². The van der Waals surface area contributed by atoms with Gasteiger partial charge in [0.15, 0.2) is 0 Å². The Kier molecular flexibility index (Phi) is 7.92. The highest BCUT2D eigenvalue weighted by atomic mass is 16.0. The van der Waals surface area contributed by atoms with Crippen LogP contribution >= 0.6 is 0 Å². The lowest BCUT2D eigenvalue weighted by molar-refractivity contribution is 0.0579. The lowest BCUT2D eigenvalue weighted by atomic mass is 9.60. The van der Waals surface area contributed by atoms with Gasteiger partial charge in [-0.15, -0.1) is 0 Å². The molecule has 3 rings (SSSR count). The second-order valence-electron chi connectivity index (χ2n) is 9.13. The second kappa shape index (κ2) is 9.44. The van der Waals surface area contributed by atoms with Crippen molar-refractivity contribution in [3.63, 3.8) is 0 Å². The van der Waals surface area contributed by atoms with Crippen LogP contribution < -0.4 is 0 Å². The minimum absolute atomic E-state index is 0. The van der Waals surface area contributed by atoms with Crippen molar-refractivity contribution in [2.45, 2.75) is 104 Å². The average molecular weight is 323 g/mol. The van der Waals surface area contributed by atoms with Crippen LogP contribution in [0.3, 0.4) is 0 Å². The third-order valence-electron chi connectivity index (χ3n) is 7.71. The van der Waals surface area contributed by atoms with Crippen LogP contribution in [0.25, 0.3) is 0 Å². The average Bonchev–Trinajstić information content (AvgIpc) is 2.56. The maximum absolute atomic E-state index is 2.37. The summed E-state index contributed by atoms with van der Waals surface area (Å²) in [7, 11) is 0. The van der Waals surface area contributed by atoms with Crippen LogP contribution in [0.15, 0.2) is 0 Å². The standard InChI is InChI=1S/C22H40.H2O/c1-3-5-17-7-10-19(11-8-17)21-14-13-20-15-18(6-4-2)9-12-22(20)16-21;/h17-22H,3-16H2,1-2H3;1H2. The number of hydrogen-bond donors (Lipinski definition) is 0. The van der Waals surface area contributed by atoms with Crippen molar-refractivity contribution in [3.8, 4) is 0 Å². The van der Waals surface area contributed by atoms with Gasteiger partial charge in [-0.3, -0.25) is 0 Å². The van der Waals surface area contributed by atoms with Crippen molar-refractivity contribution >= 4 is 0 Å². The Bertz CT molecular complexity index is 315. The molecule has 0 aromatic carbocycles. The Morgan fingerprint density at radius 3 is 1.61 bits per heavy atom. The summed E-state index contributed by atoms with van der Waals surface area (Å²) in [4.78, 5) is 0. The molecule has 23 heavy (non-hydrogen) atoms. The van der Waals surface area contributed by atoms with Crippen molar-refractivity contribution in [1.82, 2.24) is 0 Å². The van der Waals surface area contributed by atoms with Crippen LogP contribution in [-0.4, -0.2) is 5.48 Å². The van der Waals surface area contributed by atoms with Crippen LogP contribution in [0.4, 0.5) is 0 Å². The first-order valence-electron chi connectivity index (χ1n) is 10.8. The van der Waals surface area contributed by atoms with E-state index in [1.807, 2.05) is 0 Å². The lowest BCUT2D eigenvalue weighted by Crippen LogP contribution is -2.34. The largest absolute Gasteiger partial charge is 0.412 e. The number of fused-ring (bicyclic) bond motifs is 1. The summed E-state index contributed by atoms with van der Waals surface area (Å²) in [5, 5.41) is 0. The van der Waals surface area contributed by atoms with Gasteiger partial charge >= 0.3 is 0 Å². The molecular weight excluding hydrogens is 280 g/mol. The Labute approximate surface area is 145 Å². The third kappa shape index (κ3) is 4.97. The van der Waals surface area contributed by atoms with E-state index >= 15 is 0 Å². The molecule has 0 saturated heterocycles. The van der Waals surface area contributed by atoms with Crippen LogP contribution in [0.5, 0.6) is 0 Å². The van der Waals surface area contributed by atoms with E-state index in [2.05, 4.69) is 13.8 Å². The van der Waals surface area contributed by atoms with Gasteiger partial charge in [-0.1, -0.05) is 58.8 Å². The molecule has 0 amide bonds. The fourth-order valence-corrected chi connectivity index (χ4v) is 6.48. The molecule has 0 spiro atoms. The van der Waals surface area contributed by atoms with Crippen molar-refractivity contribution in [2.75, 3.05) is 0 Å². The van der Waals surface area contributed by atoms with Crippen LogP contribution in [0.2, 0.25) is 0 Å². The summed E-state index contributed by atoms with van der Waals surface area (Å²) < 4.78 is 0. The van der Waals surface area contributed by atoms with Gasteiger partial charge in [-0.2, -0.15) is 0 Å². The predicted molar refractivity (Wildman–Crippen MR) is 101 cm³/mol. The molecule has 3 aliphatic rings. The van der Waals surface area contributed by atoms with E-state index in [9.17, 15) is 0 Å². The maximum Gasteiger partial charge on any atom is -0.0383 e. The summed E-state index contributed by atoms with van der Waals surface area (Å²) in [6.07, 6.45) is 21.6. The monoisotopic (exact) mass is 322 g/mol. The van der Waals surface area contributed by atoms with Gasteiger partial charge < -0.3 is 5.48 Å². The lowest BCUT2D eigenvalue weighted by Gasteiger charge is -2.45. The van der Waals surface area contributed by atoms with E-state index in [1.165, 1.54) is 25.7 Å². The molecule has 4 unspecified atom stereocenters. The van der Waals surface area contributed by atoms with E-state index in [0.29, 0.717) is 0 Å². The Morgan fingerprint density at radius 1 is 0.522 bits per heavy atom. The molecule has 3 saturated carbocycles. The van der Waals surface area contributed by atoms with Crippen LogP contribution in [0.1, 0.15) is 104 Å². The molecule has 0 aliphatic heterocycles. The van der Waals surface area contributed by atoms with E-state index in [1.54, 1.807) is 64.2 Å². The van der Waals surface area contributed by atoms with E-state index in [0.717, 1.165) is 35.5 Å². The topological polar surface area (TPSA) is 31.5 Å². The van der Waals surface area contributed by atoms with Gasteiger partial charge in [-0.25, -0.2) is 0 Å². The molecule has 136 valence electrons. The quantitative estimate of drug-likeness (QED) is 0.561. The first kappa shape index (κ1) is 19.3. The van der Waals surface area contributed by atoms with E-state index in [-0.39, 0.29) is 5.48 Å². The molecule has 3 fully saturated rings. The molecule has 1 heteroatoms. The SMILES string of the molecule is CCCC1CCC(C2CCC3CC(CCC)CCC3C2)CC1.O. The van der Waals surface area contributed by atoms with E-state index in [4.69, 9.17) is 0 Å². The molecule has 2 N–H and O–H groups in total. The molecule has 0 aromatic rings. The van der Waals surface area contributed by atoms with Crippen molar-refractivity contribution < 1.29 is 5.48 Å². The molecule has 0 bridgehead atoms. The Morgan fingerprint density at radius 2 is 0.957 bits per heavy atom. The minimum atomic E-state index is 0. The zero-order valence-electron chi connectivity index (χ0n) is 15.9. The zero-order valence-corrected chi connectivity index (χ0v) is 15.9. The van der Waals surface area contributed by atoms with Gasteiger partial charge in [0.05, 0.1) is 0 Å². The molecule has 0 heterocycles. The van der Waals surface area contributed by atoms with Gasteiger partial charge in [0, 0.05) is 0 Å². The first-order valence-corrected chi connectivity index (χ1v) is 10.8. The second-order valence-corrected chi connectivity index (χ2v) is 9.13. The number of rotatable bonds is 5. The van der Waals surface area contributed by atoms with Gasteiger partial charge in [0.2, 0.25) is 0 Å². The highest BCUT2D eigenvalue weighted by molar-refractivity contribution is 4.89. The summed E-state index contributed by atoms with van der Waals surface area (Å²) in [6.45, 7) is 4.74. The molecule has 0 aromatic heterocycles. The third-order valence-corrected chi connectivity index (χ3v) is 7.71. The first-order chi connectivity index (χ1) is 10.8. The van der Waals surface area contributed by atoms with Crippen LogP contribution in [-0.2, 0) is 0 Å². The maximum atomic E-state index is 2.37. The fourth-order valence-electron chi connectivity index (χ4n) is 6.48. The highest BCUT2D eigenvalue weighted by Gasteiger charge is 2.38. The molecular formula is C22H42O. The summed E-state index contributed by atoms with van der Waals surface area (Å²) in [5.41, 5.74) is 0. The molecule has 0 radical (unpaired) electrons. The van der Waals surface area contributed by atoms with Crippen molar-refractivity contribution in [1.29, 1.82) is 0 Å². The minimum Gasteiger partial charge on any atom is -0.412 e. The molecule has 3 aliphatic carbocycles. The Hall–Kier alpha value is -0.0400. The fraction of sp³-hybridized carbons (Fsp3) is 1.00. The smallest absolute Gasteiger partial charge is 0.0383 e. The van der Waals surface area contributed by atoms with Crippen LogP contribution in [0, 0.1) is 35.5 Å². The Balaban J connectivity index is 0.00000192. The van der Waals surface area contributed by atoms with Crippen molar-refractivity contribution in [2.24, 2.45) is 35.5 Å². The van der Waals surface area contributed by atoms with Gasteiger partial charge in [-0.05, 0) is 80.5 Å². The highest BCUT2D eigenvalue weighted by Crippen LogP contribution is 2.49.